The third-order valence-electron chi connectivity index (χ3n) is 3.00. The van der Waals surface area contributed by atoms with Crippen molar-refractivity contribution in [2.45, 2.75) is 12.5 Å². The van der Waals surface area contributed by atoms with Crippen molar-refractivity contribution in [1.29, 1.82) is 0 Å². The lowest BCUT2D eigenvalue weighted by atomic mass is 10.3. The van der Waals surface area contributed by atoms with Gasteiger partial charge in [0.1, 0.15) is 5.82 Å². The van der Waals surface area contributed by atoms with Crippen molar-refractivity contribution in [3.63, 3.8) is 0 Å². The van der Waals surface area contributed by atoms with Crippen LogP contribution in [0, 0.1) is 5.82 Å². The van der Waals surface area contributed by atoms with E-state index in [1.54, 1.807) is 23.1 Å². The molecule has 0 unspecified atom stereocenters. The monoisotopic (exact) mass is 237 g/mol. The Morgan fingerprint density at radius 1 is 1.47 bits per heavy atom. The number of nitrogens with zero attached hydrogens (tertiary/aromatic N) is 1. The van der Waals surface area contributed by atoms with E-state index in [9.17, 15) is 9.18 Å². The quantitative estimate of drug-likeness (QED) is 0.821. The summed E-state index contributed by atoms with van der Waals surface area (Å²) >= 11 is 0. The van der Waals surface area contributed by atoms with Gasteiger partial charge in [0.15, 0.2) is 0 Å². The minimum Gasteiger partial charge on any atom is -0.323 e. The molecule has 0 bridgehead atoms. The zero-order valence-corrected chi connectivity index (χ0v) is 9.74. The Labute approximate surface area is 99.8 Å². The zero-order valence-electron chi connectivity index (χ0n) is 9.74. The number of nitrogens with one attached hydrogen (secondary N) is 2. The largest absolute Gasteiger partial charge is 0.323 e. The number of carbonyl (C=O) groups excluding carboxylic acids is 1. The molecule has 2 amide bonds. The lowest BCUT2D eigenvalue weighted by Gasteiger charge is -2.17. The van der Waals surface area contributed by atoms with Crippen molar-refractivity contribution in [3.8, 4) is 0 Å². The summed E-state index contributed by atoms with van der Waals surface area (Å²) < 4.78 is 13.3. The van der Waals surface area contributed by atoms with Crippen LogP contribution in [-0.2, 0) is 0 Å². The van der Waals surface area contributed by atoms with E-state index in [2.05, 4.69) is 10.6 Å². The van der Waals surface area contributed by atoms with E-state index in [1.165, 1.54) is 6.07 Å². The minimum absolute atomic E-state index is 0.227. The summed E-state index contributed by atoms with van der Waals surface area (Å²) in [6, 6.07) is 6.26. The van der Waals surface area contributed by atoms with Crippen molar-refractivity contribution < 1.29 is 9.18 Å². The molecular formula is C12H16FN3O. The molecule has 0 spiro atoms. The maximum atomic E-state index is 13.3. The van der Waals surface area contributed by atoms with E-state index >= 15 is 0 Å². The number of amides is 2. The molecule has 1 aliphatic heterocycles. The van der Waals surface area contributed by atoms with Gasteiger partial charge in [-0.05, 0) is 25.6 Å². The lowest BCUT2D eigenvalue weighted by Crippen LogP contribution is -2.36. The van der Waals surface area contributed by atoms with Crippen LogP contribution in [0.3, 0.4) is 0 Å². The van der Waals surface area contributed by atoms with Gasteiger partial charge in [0, 0.05) is 19.1 Å². The normalized spacial score (nSPS) is 19.4. The average Bonchev–Trinajstić information content (AvgIpc) is 2.81. The highest BCUT2D eigenvalue weighted by Crippen LogP contribution is 2.15. The molecule has 1 aromatic rings. The van der Waals surface area contributed by atoms with E-state index in [0.717, 1.165) is 6.42 Å². The highest BCUT2D eigenvalue weighted by Gasteiger charge is 2.25. The average molecular weight is 237 g/mol. The fourth-order valence-corrected chi connectivity index (χ4v) is 1.94. The third kappa shape index (κ3) is 2.74. The highest BCUT2D eigenvalue weighted by atomic mass is 19.1. The van der Waals surface area contributed by atoms with E-state index in [0.29, 0.717) is 19.1 Å². The van der Waals surface area contributed by atoms with Gasteiger partial charge in [-0.3, -0.25) is 0 Å². The lowest BCUT2D eigenvalue weighted by molar-refractivity contribution is 0.221. The molecule has 1 heterocycles. The van der Waals surface area contributed by atoms with Crippen LogP contribution in [0.5, 0.6) is 0 Å². The molecule has 92 valence electrons. The Balaban J connectivity index is 1.96. The van der Waals surface area contributed by atoms with Crippen molar-refractivity contribution in [3.05, 3.63) is 30.1 Å². The predicted molar refractivity (Wildman–Crippen MR) is 64.5 cm³/mol. The first-order valence-electron chi connectivity index (χ1n) is 5.68. The molecule has 5 heteroatoms. The van der Waals surface area contributed by atoms with Gasteiger partial charge in [-0.2, -0.15) is 0 Å². The number of anilines is 1. The van der Waals surface area contributed by atoms with E-state index in [4.69, 9.17) is 0 Å². The number of likely N-dealkylation sites (N-methyl/N-ethyl adjacent to an activating group) is 1. The third-order valence-corrected chi connectivity index (χ3v) is 3.00. The number of benzene rings is 1. The molecule has 1 aliphatic rings. The maximum Gasteiger partial charge on any atom is 0.321 e. The summed E-state index contributed by atoms with van der Waals surface area (Å²) in [6.07, 6.45) is 0.932. The smallest absolute Gasteiger partial charge is 0.321 e. The number of urea groups is 1. The second-order valence-corrected chi connectivity index (χ2v) is 4.13. The van der Waals surface area contributed by atoms with Crippen molar-refractivity contribution >= 4 is 11.7 Å². The molecule has 1 aromatic carbocycles. The summed E-state index contributed by atoms with van der Waals surface area (Å²) in [5, 5.41) is 5.71. The number of hydrogen-bond donors (Lipinski definition) is 2. The molecule has 1 atom stereocenters. The van der Waals surface area contributed by atoms with Gasteiger partial charge in [0.25, 0.3) is 0 Å². The van der Waals surface area contributed by atoms with Crippen LogP contribution in [0.25, 0.3) is 0 Å². The van der Waals surface area contributed by atoms with Gasteiger partial charge in [-0.25, -0.2) is 9.18 Å². The number of likely N-dealkylation sites (tertiary alicyclic amines) is 1. The molecule has 0 aromatic heterocycles. The van der Waals surface area contributed by atoms with Gasteiger partial charge < -0.3 is 15.5 Å². The fraction of sp³-hybridized carbons (Fsp3) is 0.417. The highest BCUT2D eigenvalue weighted by molar-refractivity contribution is 5.89. The summed E-state index contributed by atoms with van der Waals surface area (Å²) in [4.78, 5) is 13.5. The summed E-state index contributed by atoms with van der Waals surface area (Å²) in [6.45, 7) is 1.36. The van der Waals surface area contributed by atoms with Crippen LogP contribution >= 0.6 is 0 Å². The first-order chi connectivity index (χ1) is 8.20. The molecule has 17 heavy (non-hydrogen) atoms. The van der Waals surface area contributed by atoms with Gasteiger partial charge in [-0.15, -0.1) is 0 Å². The van der Waals surface area contributed by atoms with Gasteiger partial charge in [0.2, 0.25) is 0 Å². The molecule has 0 saturated carbocycles. The summed E-state index contributed by atoms with van der Waals surface area (Å²) in [5.74, 6) is -0.412. The standard InChI is InChI=1S/C12H16FN3O/c1-14-9-6-7-16(8-9)12(17)15-11-5-3-2-4-10(11)13/h2-5,9,14H,6-8H2,1H3,(H,15,17)/t9-/m0/s1. The molecule has 4 nitrogen and oxygen atoms in total. The second-order valence-electron chi connectivity index (χ2n) is 4.13. The molecule has 0 aliphatic carbocycles. The van der Waals surface area contributed by atoms with Crippen LogP contribution in [-0.4, -0.2) is 37.1 Å². The predicted octanol–water partition coefficient (Wildman–Crippen LogP) is 1.65. The second kappa shape index (κ2) is 5.14. The van der Waals surface area contributed by atoms with Crippen LogP contribution in [0.15, 0.2) is 24.3 Å². The van der Waals surface area contributed by atoms with E-state index in [-0.39, 0.29) is 11.7 Å². The number of halogens is 1. The van der Waals surface area contributed by atoms with Crippen molar-refractivity contribution in [2.24, 2.45) is 0 Å². The van der Waals surface area contributed by atoms with Gasteiger partial charge in [0.05, 0.1) is 5.69 Å². The zero-order chi connectivity index (χ0) is 12.3. The first-order valence-corrected chi connectivity index (χ1v) is 5.68. The number of rotatable bonds is 2. The molecule has 2 rings (SSSR count). The SMILES string of the molecule is CN[C@H]1CCN(C(=O)Nc2ccccc2F)C1. The Morgan fingerprint density at radius 2 is 2.24 bits per heavy atom. The van der Waals surface area contributed by atoms with Crippen LogP contribution in [0.1, 0.15) is 6.42 Å². The summed E-state index contributed by atoms with van der Waals surface area (Å²) in [5.41, 5.74) is 0.227. The van der Waals surface area contributed by atoms with Gasteiger partial charge in [-0.1, -0.05) is 12.1 Å². The fourth-order valence-electron chi connectivity index (χ4n) is 1.94. The summed E-state index contributed by atoms with van der Waals surface area (Å²) in [7, 11) is 1.88. The van der Waals surface area contributed by atoms with Crippen LogP contribution in [0.2, 0.25) is 0 Å². The Morgan fingerprint density at radius 3 is 2.88 bits per heavy atom. The Hall–Kier alpha value is -1.62. The number of para-hydroxylation sites is 1. The van der Waals surface area contributed by atoms with Crippen LogP contribution < -0.4 is 10.6 Å². The van der Waals surface area contributed by atoms with Crippen molar-refractivity contribution in [2.75, 3.05) is 25.5 Å². The Bertz CT molecular complexity index is 410. The van der Waals surface area contributed by atoms with E-state index < -0.39 is 5.82 Å². The van der Waals surface area contributed by atoms with Crippen molar-refractivity contribution in [1.82, 2.24) is 10.2 Å². The molecule has 0 radical (unpaired) electrons. The van der Waals surface area contributed by atoms with E-state index in [1.807, 2.05) is 7.05 Å². The number of hydrogen-bond acceptors (Lipinski definition) is 2. The molecule has 1 fully saturated rings. The van der Waals surface area contributed by atoms with Crippen LogP contribution in [0.4, 0.5) is 14.9 Å². The molecule has 1 saturated heterocycles. The van der Waals surface area contributed by atoms with Gasteiger partial charge >= 0.3 is 6.03 Å². The number of carbonyl (C=O) groups is 1. The minimum atomic E-state index is -0.412. The Kier molecular flexibility index (Phi) is 3.58. The maximum absolute atomic E-state index is 13.3. The topological polar surface area (TPSA) is 44.4 Å². The molecule has 2 N–H and O–H groups in total. The first kappa shape index (κ1) is 11.9. The molecular weight excluding hydrogens is 221 g/mol.